The molecule has 21 heavy (non-hydrogen) atoms. The summed E-state index contributed by atoms with van der Waals surface area (Å²) in [4.78, 5) is 25.3. The molecule has 1 atom stereocenters. The Labute approximate surface area is 120 Å². The van der Waals surface area contributed by atoms with Crippen molar-refractivity contribution in [2.75, 3.05) is 5.32 Å². The number of aromatic carboxylic acids is 1. The zero-order valence-electron chi connectivity index (χ0n) is 11.3. The van der Waals surface area contributed by atoms with Gasteiger partial charge in [-0.15, -0.1) is 0 Å². The number of imidazole rings is 1. The Balaban J connectivity index is 2.21. The minimum atomic E-state index is -1.13. The van der Waals surface area contributed by atoms with Gasteiger partial charge in [0.15, 0.2) is 0 Å². The van der Waals surface area contributed by atoms with Crippen LogP contribution in [0.15, 0.2) is 36.9 Å². The summed E-state index contributed by atoms with van der Waals surface area (Å²) in [6, 6.07) is 3.54. The van der Waals surface area contributed by atoms with Crippen molar-refractivity contribution in [3.8, 4) is 0 Å². The summed E-state index contributed by atoms with van der Waals surface area (Å²) in [5.41, 5.74) is 0.0305. The highest BCUT2D eigenvalue weighted by Crippen LogP contribution is 2.26. The zero-order valence-corrected chi connectivity index (χ0v) is 11.3. The van der Waals surface area contributed by atoms with Gasteiger partial charge in [-0.25, -0.2) is 9.78 Å². The lowest BCUT2D eigenvalue weighted by molar-refractivity contribution is -0.384. The molecule has 2 aromatic rings. The quantitative estimate of drug-likeness (QED) is 0.621. The molecule has 1 heterocycles. The van der Waals surface area contributed by atoms with Crippen LogP contribution in [0.2, 0.25) is 0 Å². The van der Waals surface area contributed by atoms with E-state index < -0.39 is 10.9 Å². The number of nitro groups is 1. The van der Waals surface area contributed by atoms with E-state index in [1.807, 2.05) is 11.5 Å². The van der Waals surface area contributed by atoms with E-state index in [-0.39, 0.29) is 23.0 Å². The number of rotatable bonds is 6. The van der Waals surface area contributed by atoms with Gasteiger partial charge in [0.25, 0.3) is 5.69 Å². The van der Waals surface area contributed by atoms with Crippen LogP contribution in [0.3, 0.4) is 0 Å². The Bertz CT molecular complexity index is 654. The van der Waals surface area contributed by atoms with E-state index in [1.165, 1.54) is 18.2 Å². The van der Waals surface area contributed by atoms with Crippen LogP contribution in [-0.4, -0.2) is 31.6 Å². The molecular formula is C13H14N4O4. The summed E-state index contributed by atoms with van der Waals surface area (Å²) >= 11 is 0. The van der Waals surface area contributed by atoms with Gasteiger partial charge in [0, 0.05) is 31.0 Å². The van der Waals surface area contributed by atoms with Gasteiger partial charge in [-0.2, -0.15) is 0 Å². The number of anilines is 1. The third-order valence-corrected chi connectivity index (χ3v) is 2.89. The Morgan fingerprint density at radius 2 is 2.33 bits per heavy atom. The summed E-state index contributed by atoms with van der Waals surface area (Å²) in [6.07, 6.45) is 5.06. The molecule has 0 aliphatic carbocycles. The SMILES string of the molecule is CC(Cn1ccnc1)Nc1cc(C(=O)O)ccc1[N+](=O)[O-]. The molecule has 0 amide bonds. The van der Waals surface area contributed by atoms with Crippen LogP contribution in [0.4, 0.5) is 11.4 Å². The van der Waals surface area contributed by atoms with Crippen LogP contribution in [0.5, 0.6) is 0 Å². The number of nitro benzene ring substituents is 1. The van der Waals surface area contributed by atoms with Crippen molar-refractivity contribution in [3.05, 3.63) is 52.6 Å². The molecule has 0 bridgehead atoms. The van der Waals surface area contributed by atoms with Crippen molar-refractivity contribution < 1.29 is 14.8 Å². The van der Waals surface area contributed by atoms with Crippen molar-refractivity contribution >= 4 is 17.3 Å². The van der Waals surface area contributed by atoms with Crippen molar-refractivity contribution in [3.63, 3.8) is 0 Å². The molecule has 8 heteroatoms. The summed E-state index contributed by atoms with van der Waals surface area (Å²) in [6.45, 7) is 2.39. The molecular weight excluding hydrogens is 276 g/mol. The number of hydrogen-bond donors (Lipinski definition) is 2. The van der Waals surface area contributed by atoms with Gasteiger partial charge in [-0.1, -0.05) is 0 Å². The maximum atomic E-state index is 11.0. The number of benzene rings is 1. The molecule has 1 aromatic carbocycles. The molecule has 1 unspecified atom stereocenters. The fourth-order valence-corrected chi connectivity index (χ4v) is 1.97. The lowest BCUT2D eigenvalue weighted by atomic mass is 10.1. The second kappa shape index (κ2) is 6.04. The van der Waals surface area contributed by atoms with E-state index >= 15 is 0 Å². The molecule has 8 nitrogen and oxygen atoms in total. The molecule has 0 fully saturated rings. The van der Waals surface area contributed by atoms with Crippen LogP contribution in [0, 0.1) is 10.1 Å². The molecule has 1 aromatic heterocycles. The number of nitrogens with zero attached hydrogens (tertiary/aromatic N) is 3. The van der Waals surface area contributed by atoms with Gasteiger partial charge < -0.3 is 15.0 Å². The van der Waals surface area contributed by atoms with Gasteiger partial charge in [-0.3, -0.25) is 10.1 Å². The fraction of sp³-hybridized carbons (Fsp3) is 0.231. The van der Waals surface area contributed by atoms with Crippen molar-refractivity contribution in [1.29, 1.82) is 0 Å². The summed E-state index contributed by atoms with van der Waals surface area (Å²) in [7, 11) is 0. The van der Waals surface area contributed by atoms with E-state index in [1.54, 1.807) is 18.7 Å². The number of nitrogens with one attached hydrogen (secondary N) is 1. The van der Waals surface area contributed by atoms with Crippen LogP contribution in [-0.2, 0) is 6.54 Å². The predicted molar refractivity (Wildman–Crippen MR) is 75.4 cm³/mol. The average molecular weight is 290 g/mol. The van der Waals surface area contributed by atoms with Gasteiger partial charge in [-0.05, 0) is 19.1 Å². The number of carboxylic acids is 1. The number of aromatic nitrogens is 2. The lowest BCUT2D eigenvalue weighted by Crippen LogP contribution is -2.22. The highest BCUT2D eigenvalue weighted by molar-refractivity contribution is 5.90. The normalized spacial score (nSPS) is 11.9. The topological polar surface area (TPSA) is 110 Å². The van der Waals surface area contributed by atoms with E-state index in [2.05, 4.69) is 10.3 Å². The summed E-state index contributed by atoms with van der Waals surface area (Å²) < 4.78 is 1.82. The van der Waals surface area contributed by atoms with Crippen molar-refractivity contribution in [1.82, 2.24) is 9.55 Å². The van der Waals surface area contributed by atoms with Gasteiger partial charge in [0.1, 0.15) is 5.69 Å². The first-order valence-corrected chi connectivity index (χ1v) is 6.21. The minimum Gasteiger partial charge on any atom is -0.478 e. The fourth-order valence-electron chi connectivity index (χ4n) is 1.97. The summed E-state index contributed by atoms with van der Waals surface area (Å²) in [5.74, 6) is -1.13. The second-order valence-electron chi connectivity index (χ2n) is 4.60. The number of hydrogen-bond acceptors (Lipinski definition) is 5. The largest absolute Gasteiger partial charge is 0.478 e. The molecule has 0 saturated heterocycles. The Morgan fingerprint density at radius 1 is 1.57 bits per heavy atom. The molecule has 0 radical (unpaired) electrons. The zero-order chi connectivity index (χ0) is 15.4. The first-order chi connectivity index (χ1) is 9.97. The second-order valence-corrected chi connectivity index (χ2v) is 4.60. The Morgan fingerprint density at radius 3 is 2.90 bits per heavy atom. The smallest absolute Gasteiger partial charge is 0.335 e. The van der Waals surface area contributed by atoms with E-state index in [9.17, 15) is 14.9 Å². The minimum absolute atomic E-state index is 0.00192. The predicted octanol–water partition coefficient (Wildman–Crippen LogP) is 1.99. The van der Waals surface area contributed by atoms with Gasteiger partial charge >= 0.3 is 5.97 Å². The van der Waals surface area contributed by atoms with Crippen LogP contribution >= 0.6 is 0 Å². The Hall–Kier alpha value is -2.90. The first kappa shape index (κ1) is 14.5. The molecule has 0 aliphatic rings. The molecule has 2 N–H and O–H groups in total. The highest BCUT2D eigenvalue weighted by Gasteiger charge is 2.18. The van der Waals surface area contributed by atoms with E-state index in [0.29, 0.717) is 6.54 Å². The Kier molecular flexibility index (Phi) is 4.17. The van der Waals surface area contributed by atoms with Gasteiger partial charge in [0.05, 0.1) is 16.8 Å². The third-order valence-electron chi connectivity index (χ3n) is 2.89. The maximum Gasteiger partial charge on any atom is 0.335 e. The van der Waals surface area contributed by atoms with Crippen LogP contribution < -0.4 is 5.32 Å². The van der Waals surface area contributed by atoms with Crippen LogP contribution in [0.1, 0.15) is 17.3 Å². The van der Waals surface area contributed by atoms with Gasteiger partial charge in [0.2, 0.25) is 0 Å². The average Bonchev–Trinajstić information content (AvgIpc) is 2.90. The van der Waals surface area contributed by atoms with Crippen molar-refractivity contribution in [2.24, 2.45) is 0 Å². The monoisotopic (exact) mass is 290 g/mol. The molecule has 0 aliphatic heterocycles. The highest BCUT2D eigenvalue weighted by atomic mass is 16.6. The molecule has 2 rings (SSSR count). The molecule has 0 spiro atoms. The third kappa shape index (κ3) is 3.56. The number of carbonyl (C=O) groups is 1. The lowest BCUT2D eigenvalue weighted by Gasteiger charge is -2.16. The molecule has 110 valence electrons. The van der Waals surface area contributed by atoms with E-state index in [0.717, 1.165) is 0 Å². The standard InChI is InChI=1S/C13H14N4O4/c1-9(7-16-5-4-14-8-16)15-11-6-10(13(18)19)2-3-12(11)17(20)21/h2-6,8-9,15H,7H2,1H3,(H,18,19). The number of carboxylic acid groups (broad SMARTS) is 1. The molecule has 0 saturated carbocycles. The van der Waals surface area contributed by atoms with Crippen LogP contribution in [0.25, 0.3) is 0 Å². The van der Waals surface area contributed by atoms with Crippen molar-refractivity contribution in [2.45, 2.75) is 19.5 Å². The first-order valence-electron chi connectivity index (χ1n) is 6.21. The maximum absolute atomic E-state index is 11.0. The van der Waals surface area contributed by atoms with E-state index in [4.69, 9.17) is 5.11 Å². The summed E-state index contributed by atoms with van der Waals surface area (Å²) in [5, 5.41) is 22.9.